The minimum atomic E-state index is 0.174. The summed E-state index contributed by atoms with van der Waals surface area (Å²) in [5, 5.41) is 9.51. The second kappa shape index (κ2) is 4.00. The number of terminal acetylenes is 1. The van der Waals surface area contributed by atoms with Crippen molar-refractivity contribution in [3.63, 3.8) is 0 Å². The fraction of sp³-hybridized carbons (Fsp3) is 0.333. The Hall–Kier alpha value is -1.42. The van der Waals surface area contributed by atoms with Crippen LogP contribution in [0.3, 0.4) is 0 Å². The number of aromatic hydroxyl groups is 1. The van der Waals surface area contributed by atoms with E-state index in [0.717, 1.165) is 17.5 Å². The van der Waals surface area contributed by atoms with E-state index in [-0.39, 0.29) is 5.92 Å². The molecule has 0 spiro atoms. The molecule has 0 heterocycles. The summed E-state index contributed by atoms with van der Waals surface area (Å²) in [5.41, 5.74) is 2.09. The van der Waals surface area contributed by atoms with Crippen LogP contribution in [0.2, 0.25) is 0 Å². The third-order valence-corrected chi connectivity index (χ3v) is 2.05. The summed E-state index contributed by atoms with van der Waals surface area (Å²) in [6.45, 7) is 3.98. The summed E-state index contributed by atoms with van der Waals surface area (Å²) in [6.07, 6.45) is 6.02. The molecule has 13 heavy (non-hydrogen) atoms. The lowest BCUT2D eigenvalue weighted by Crippen LogP contribution is -1.96. The van der Waals surface area contributed by atoms with Crippen LogP contribution < -0.4 is 0 Å². The van der Waals surface area contributed by atoms with Gasteiger partial charge in [-0.05, 0) is 25.0 Å². The summed E-state index contributed by atoms with van der Waals surface area (Å²) < 4.78 is 0. The van der Waals surface area contributed by atoms with E-state index in [2.05, 4.69) is 5.92 Å². The first-order valence-corrected chi connectivity index (χ1v) is 4.38. The summed E-state index contributed by atoms with van der Waals surface area (Å²) in [6, 6.07) is 5.58. The van der Waals surface area contributed by atoms with Gasteiger partial charge in [0.1, 0.15) is 5.75 Å². The van der Waals surface area contributed by atoms with E-state index in [9.17, 15) is 5.11 Å². The lowest BCUT2D eigenvalue weighted by Gasteiger charge is -2.07. The van der Waals surface area contributed by atoms with Gasteiger partial charge < -0.3 is 5.11 Å². The topological polar surface area (TPSA) is 20.2 Å². The van der Waals surface area contributed by atoms with Crippen molar-refractivity contribution in [1.82, 2.24) is 0 Å². The molecule has 1 atom stereocenters. The van der Waals surface area contributed by atoms with E-state index in [1.807, 2.05) is 26.0 Å². The number of hydrogen-bond acceptors (Lipinski definition) is 1. The van der Waals surface area contributed by atoms with E-state index in [1.165, 1.54) is 0 Å². The second-order valence-corrected chi connectivity index (χ2v) is 3.40. The molecule has 0 aromatic heterocycles. The lowest BCUT2D eigenvalue weighted by atomic mass is 10.00. The van der Waals surface area contributed by atoms with Crippen molar-refractivity contribution in [3.8, 4) is 18.1 Å². The maximum absolute atomic E-state index is 9.51. The Balaban J connectivity index is 2.88. The first-order valence-electron chi connectivity index (χ1n) is 4.38. The summed E-state index contributed by atoms with van der Waals surface area (Å²) in [4.78, 5) is 0. The molecule has 1 rings (SSSR count). The van der Waals surface area contributed by atoms with Gasteiger partial charge in [-0.1, -0.05) is 24.6 Å². The van der Waals surface area contributed by atoms with Crippen LogP contribution in [0.15, 0.2) is 18.2 Å². The van der Waals surface area contributed by atoms with Crippen molar-refractivity contribution in [2.45, 2.75) is 20.3 Å². The van der Waals surface area contributed by atoms with Crippen LogP contribution in [-0.4, -0.2) is 5.11 Å². The van der Waals surface area contributed by atoms with Gasteiger partial charge in [0.25, 0.3) is 0 Å². The van der Waals surface area contributed by atoms with Crippen molar-refractivity contribution in [1.29, 1.82) is 0 Å². The molecule has 0 radical (unpaired) electrons. The highest BCUT2D eigenvalue weighted by Gasteiger charge is 2.04. The highest BCUT2D eigenvalue weighted by molar-refractivity contribution is 5.36. The minimum Gasteiger partial charge on any atom is -0.508 e. The minimum absolute atomic E-state index is 0.174. The third-order valence-electron chi connectivity index (χ3n) is 2.05. The monoisotopic (exact) mass is 174 g/mol. The van der Waals surface area contributed by atoms with Gasteiger partial charge in [-0.2, -0.15) is 0 Å². The number of aryl methyl sites for hydroxylation is 1. The van der Waals surface area contributed by atoms with E-state index in [1.54, 1.807) is 6.07 Å². The van der Waals surface area contributed by atoms with Gasteiger partial charge in [0, 0.05) is 5.92 Å². The van der Waals surface area contributed by atoms with Crippen molar-refractivity contribution in [3.05, 3.63) is 29.3 Å². The SMILES string of the molecule is C#CC(C)Cc1cc(C)ccc1O. The molecular weight excluding hydrogens is 160 g/mol. The third kappa shape index (κ3) is 2.52. The average molecular weight is 174 g/mol. The van der Waals surface area contributed by atoms with Crippen LogP contribution in [0.5, 0.6) is 5.75 Å². The zero-order chi connectivity index (χ0) is 9.84. The van der Waals surface area contributed by atoms with Crippen molar-refractivity contribution in [2.24, 2.45) is 5.92 Å². The Morgan fingerprint density at radius 3 is 2.85 bits per heavy atom. The van der Waals surface area contributed by atoms with Crippen LogP contribution in [0.1, 0.15) is 18.1 Å². The van der Waals surface area contributed by atoms with Crippen LogP contribution >= 0.6 is 0 Å². The molecular formula is C12H14O. The Bertz CT molecular complexity index is 333. The Morgan fingerprint density at radius 1 is 1.54 bits per heavy atom. The van der Waals surface area contributed by atoms with Crippen LogP contribution in [-0.2, 0) is 6.42 Å². The number of phenols is 1. The highest BCUT2D eigenvalue weighted by atomic mass is 16.3. The van der Waals surface area contributed by atoms with Gasteiger partial charge in [-0.15, -0.1) is 12.3 Å². The Morgan fingerprint density at radius 2 is 2.23 bits per heavy atom. The number of benzene rings is 1. The Kier molecular flexibility index (Phi) is 2.97. The normalized spacial score (nSPS) is 12.1. The van der Waals surface area contributed by atoms with Gasteiger partial charge in [0.15, 0.2) is 0 Å². The average Bonchev–Trinajstić information content (AvgIpc) is 2.11. The number of hydrogen-bond donors (Lipinski definition) is 1. The van der Waals surface area contributed by atoms with Gasteiger partial charge >= 0.3 is 0 Å². The second-order valence-electron chi connectivity index (χ2n) is 3.40. The molecule has 1 nitrogen and oxygen atoms in total. The maximum Gasteiger partial charge on any atom is 0.118 e. The van der Waals surface area contributed by atoms with Gasteiger partial charge in [-0.25, -0.2) is 0 Å². The molecule has 1 unspecified atom stereocenters. The van der Waals surface area contributed by atoms with Crippen molar-refractivity contribution in [2.75, 3.05) is 0 Å². The van der Waals surface area contributed by atoms with E-state index in [0.29, 0.717) is 5.75 Å². The predicted molar refractivity (Wildman–Crippen MR) is 54.5 cm³/mol. The van der Waals surface area contributed by atoms with Crippen molar-refractivity contribution < 1.29 is 5.11 Å². The molecule has 0 aliphatic carbocycles. The molecule has 0 saturated carbocycles. The summed E-state index contributed by atoms with van der Waals surface area (Å²) in [5.74, 6) is 3.16. The molecule has 68 valence electrons. The molecule has 1 N–H and O–H groups in total. The number of rotatable bonds is 2. The molecule has 0 saturated heterocycles. The zero-order valence-corrected chi connectivity index (χ0v) is 8.04. The molecule has 0 fully saturated rings. The van der Waals surface area contributed by atoms with Crippen LogP contribution in [0, 0.1) is 25.2 Å². The molecule has 0 amide bonds. The quantitative estimate of drug-likeness (QED) is 0.683. The zero-order valence-electron chi connectivity index (χ0n) is 8.04. The summed E-state index contributed by atoms with van der Waals surface area (Å²) >= 11 is 0. The smallest absolute Gasteiger partial charge is 0.118 e. The molecule has 1 aromatic carbocycles. The molecule has 1 heteroatoms. The predicted octanol–water partition coefficient (Wildman–Crippen LogP) is 2.51. The maximum atomic E-state index is 9.51. The van der Waals surface area contributed by atoms with Gasteiger partial charge in [0.2, 0.25) is 0 Å². The summed E-state index contributed by atoms with van der Waals surface area (Å²) in [7, 11) is 0. The molecule has 0 aliphatic rings. The Labute approximate surface area is 79.4 Å². The first kappa shape index (κ1) is 9.67. The van der Waals surface area contributed by atoms with E-state index < -0.39 is 0 Å². The van der Waals surface area contributed by atoms with Crippen molar-refractivity contribution >= 4 is 0 Å². The largest absolute Gasteiger partial charge is 0.508 e. The standard InChI is InChI=1S/C12H14O/c1-4-9(2)7-11-8-10(3)5-6-12(11)13/h1,5-6,8-9,13H,7H2,2-3H3. The van der Waals surface area contributed by atoms with E-state index >= 15 is 0 Å². The van der Waals surface area contributed by atoms with Gasteiger partial charge in [0.05, 0.1) is 0 Å². The first-order chi connectivity index (χ1) is 6.13. The van der Waals surface area contributed by atoms with Crippen LogP contribution in [0.25, 0.3) is 0 Å². The molecule has 1 aromatic rings. The molecule has 0 aliphatic heterocycles. The highest BCUT2D eigenvalue weighted by Crippen LogP contribution is 2.21. The van der Waals surface area contributed by atoms with Gasteiger partial charge in [-0.3, -0.25) is 0 Å². The van der Waals surface area contributed by atoms with Crippen LogP contribution in [0.4, 0.5) is 0 Å². The lowest BCUT2D eigenvalue weighted by molar-refractivity contribution is 0.465. The molecule has 0 bridgehead atoms. The fourth-order valence-electron chi connectivity index (χ4n) is 1.27. The number of phenolic OH excluding ortho intramolecular Hbond substituents is 1. The van der Waals surface area contributed by atoms with E-state index in [4.69, 9.17) is 6.42 Å². The fourth-order valence-corrected chi connectivity index (χ4v) is 1.27.